The maximum atomic E-state index is 11.9. The second-order valence-corrected chi connectivity index (χ2v) is 5.34. The van der Waals surface area contributed by atoms with Gasteiger partial charge in [-0.3, -0.25) is 4.79 Å². The third kappa shape index (κ3) is 4.82. The number of likely N-dealkylation sites (N-methyl/N-ethyl adjacent to an activating group) is 1. The van der Waals surface area contributed by atoms with Gasteiger partial charge < -0.3 is 15.5 Å². The summed E-state index contributed by atoms with van der Waals surface area (Å²) in [4.78, 5) is 22.3. The first-order valence-electron chi connectivity index (χ1n) is 7.13. The Balaban J connectivity index is 1.93. The normalized spacial score (nSPS) is 10.5. The largest absolute Gasteiger partial charge is 0.349 e. The maximum Gasteiger partial charge on any atom is 0.271 e. The number of carbonyl (C=O) groups excluding carboxylic acids is 1. The van der Waals surface area contributed by atoms with Gasteiger partial charge in [0.05, 0.1) is 12.4 Å². The van der Waals surface area contributed by atoms with Crippen LogP contribution in [0.5, 0.6) is 0 Å². The lowest BCUT2D eigenvalue weighted by Gasteiger charge is -2.10. The van der Waals surface area contributed by atoms with E-state index in [-0.39, 0.29) is 5.91 Å². The van der Waals surface area contributed by atoms with E-state index in [1.54, 1.807) is 6.20 Å². The minimum atomic E-state index is -0.212. The first-order chi connectivity index (χ1) is 10.5. The Morgan fingerprint density at radius 3 is 2.68 bits per heavy atom. The van der Waals surface area contributed by atoms with Crippen LogP contribution < -0.4 is 10.6 Å². The van der Waals surface area contributed by atoms with Crippen molar-refractivity contribution in [3.8, 4) is 0 Å². The minimum absolute atomic E-state index is 0.212. The molecule has 0 saturated carbocycles. The van der Waals surface area contributed by atoms with Gasteiger partial charge in [0.15, 0.2) is 0 Å². The fourth-order valence-corrected chi connectivity index (χ4v) is 1.86. The highest BCUT2D eigenvalue weighted by Crippen LogP contribution is 2.14. The van der Waals surface area contributed by atoms with Crippen LogP contribution in [-0.4, -0.2) is 48.0 Å². The topological polar surface area (TPSA) is 70.2 Å². The van der Waals surface area contributed by atoms with Gasteiger partial charge >= 0.3 is 0 Å². The molecule has 6 nitrogen and oxygen atoms in total. The molecule has 0 unspecified atom stereocenters. The van der Waals surface area contributed by atoms with Crippen LogP contribution in [0.3, 0.4) is 0 Å². The predicted octanol–water partition coefficient (Wildman–Crippen LogP) is 1.82. The number of nitrogens with zero attached hydrogens (tertiary/aromatic N) is 3. The summed E-state index contributed by atoms with van der Waals surface area (Å²) < 4.78 is 0. The molecule has 1 aromatic carbocycles. The molecular weight excluding hydrogens is 278 g/mol. The van der Waals surface area contributed by atoms with Gasteiger partial charge in [0.25, 0.3) is 5.91 Å². The van der Waals surface area contributed by atoms with E-state index < -0.39 is 0 Å². The molecule has 0 radical (unpaired) electrons. The van der Waals surface area contributed by atoms with Gasteiger partial charge in [-0.2, -0.15) is 0 Å². The number of hydrogen-bond donors (Lipinski definition) is 2. The second-order valence-electron chi connectivity index (χ2n) is 5.34. The Labute approximate surface area is 130 Å². The number of aromatic nitrogens is 2. The Morgan fingerprint density at radius 2 is 2.05 bits per heavy atom. The molecule has 22 heavy (non-hydrogen) atoms. The van der Waals surface area contributed by atoms with Crippen LogP contribution in [0.1, 0.15) is 16.1 Å². The van der Waals surface area contributed by atoms with E-state index in [4.69, 9.17) is 0 Å². The predicted molar refractivity (Wildman–Crippen MR) is 87.4 cm³/mol. The summed E-state index contributed by atoms with van der Waals surface area (Å²) in [6.45, 7) is 3.39. The van der Waals surface area contributed by atoms with E-state index in [1.807, 2.05) is 50.2 Å². The van der Waals surface area contributed by atoms with E-state index in [0.717, 1.165) is 17.8 Å². The average molecular weight is 299 g/mol. The lowest BCUT2D eigenvalue weighted by molar-refractivity contribution is 0.0945. The quantitative estimate of drug-likeness (QED) is 0.851. The molecule has 1 aromatic heterocycles. The van der Waals surface area contributed by atoms with Crippen molar-refractivity contribution in [2.45, 2.75) is 6.92 Å². The molecule has 0 fully saturated rings. The van der Waals surface area contributed by atoms with E-state index >= 15 is 0 Å². The molecule has 1 heterocycles. The summed E-state index contributed by atoms with van der Waals surface area (Å²) in [5.74, 6) is 0.395. The molecule has 0 aliphatic rings. The van der Waals surface area contributed by atoms with Crippen LogP contribution in [-0.2, 0) is 0 Å². The molecule has 0 bridgehead atoms. The fraction of sp³-hybridized carbons (Fsp3) is 0.312. The zero-order chi connectivity index (χ0) is 15.9. The molecule has 0 aliphatic carbocycles. The van der Waals surface area contributed by atoms with Gasteiger partial charge in [-0.15, -0.1) is 0 Å². The number of hydrogen-bond acceptors (Lipinski definition) is 5. The first kappa shape index (κ1) is 15.9. The summed E-state index contributed by atoms with van der Waals surface area (Å²) in [7, 11) is 3.91. The lowest BCUT2D eigenvalue weighted by atomic mass is 10.2. The number of rotatable bonds is 6. The summed E-state index contributed by atoms with van der Waals surface area (Å²) >= 11 is 0. The second kappa shape index (κ2) is 7.51. The molecule has 1 amide bonds. The molecule has 0 saturated heterocycles. The summed E-state index contributed by atoms with van der Waals surface area (Å²) in [5.41, 5.74) is 2.42. The Bertz CT molecular complexity index is 625. The molecule has 2 rings (SSSR count). The van der Waals surface area contributed by atoms with Crippen molar-refractivity contribution in [2.24, 2.45) is 0 Å². The highest BCUT2D eigenvalue weighted by Gasteiger charge is 2.07. The molecule has 6 heteroatoms. The molecule has 0 spiro atoms. The van der Waals surface area contributed by atoms with Crippen molar-refractivity contribution < 1.29 is 4.79 Å². The molecule has 0 atom stereocenters. The molecule has 2 N–H and O–H groups in total. The summed E-state index contributed by atoms with van der Waals surface area (Å²) in [6.07, 6.45) is 3.03. The Hall–Kier alpha value is -2.47. The van der Waals surface area contributed by atoms with Gasteiger partial charge in [-0.25, -0.2) is 9.97 Å². The standard InChI is InChI=1S/C16H21N5O/c1-12-5-4-6-13(9-12)20-15-11-18-14(10-19-15)16(22)17-7-8-21(2)3/h4-6,9-11H,7-8H2,1-3H3,(H,17,22)(H,19,20). The summed E-state index contributed by atoms with van der Waals surface area (Å²) in [6, 6.07) is 7.97. The minimum Gasteiger partial charge on any atom is -0.349 e. The lowest BCUT2D eigenvalue weighted by Crippen LogP contribution is -2.31. The zero-order valence-electron chi connectivity index (χ0n) is 13.1. The molecular formula is C16H21N5O. The smallest absolute Gasteiger partial charge is 0.271 e. The van der Waals surface area contributed by atoms with Crippen LogP contribution in [0.2, 0.25) is 0 Å². The highest BCUT2D eigenvalue weighted by molar-refractivity contribution is 5.92. The third-order valence-electron chi connectivity index (χ3n) is 3.02. The Morgan fingerprint density at radius 1 is 1.23 bits per heavy atom. The van der Waals surface area contributed by atoms with Crippen LogP contribution in [0.15, 0.2) is 36.7 Å². The highest BCUT2D eigenvalue weighted by atomic mass is 16.1. The van der Waals surface area contributed by atoms with E-state index in [1.165, 1.54) is 6.20 Å². The van der Waals surface area contributed by atoms with Crippen LogP contribution >= 0.6 is 0 Å². The molecule has 0 aliphatic heterocycles. The van der Waals surface area contributed by atoms with Crippen LogP contribution in [0, 0.1) is 6.92 Å². The van der Waals surface area contributed by atoms with Gasteiger partial charge in [-0.1, -0.05) is 12.1 Å². The molecule has 116 valence electrons. The number of carbonyl (C=O) groups is 1. The average Bonchev–Trinajstić information content (AvgIpc) is 2.47. The van der Waals surface area contributed by atoms with Crippen LogP contribution in [0.25, 0.3) is 0 Å². The van der Waals surface area contributed by atoms with Crippen molar-refractivity contribution in [1.82, 2.24) is 20.2 Å². The Kier molecular flexibility index (Phi) is 5.43. The first-order valence-corrected chi connectivity index (χ1v) is 7.13. The number of benzene rings is 1. The number of anilines is 2. The van der Waals surface area contributed by atoms with Gasteiger partial charge in [0.1, 0.15) is 11.5 Å². The zero-order valence-corrected chi connectivity index (χ0v) is 13.1. The number of nitrogens with one attached hydrogen (secondary N) is 2. The van der Waals surface area contributed by atoms with Crippen molar-refractivity contribution in [3.63, 3.8) is 0 Å². The summed E-state index contributed by atoms with van der Waals surface area (Å²) in [5, 5.41) is 5.96. The van der Waals surface area contributed by atoms with Crippen molar-refractivity contribution in [3.05, 3.63) is 47.9 Å². The van der Waals surface area contributed by atoms with Gasteiger partial charge in [0, 0.05) is 18.8 Å². The van der Waals surface area contributed by atoms with E-state index in [9.17, 15) is 4.79 Å². The van der Waals surface area contributed by atoms with E-state index in [2.05, 4.69) is 20.6 Å². The SMILES string of the molecule is Cc1cccc(Nc2cnc(C(=O)NCCN(C)C)cn2)c1. The maximum absolute atomic E-state index is 11.9. The van der Waals surface area contributed by atoms with Gasteiger partial charge in [-0.05, 0) is 38.7 Å². The van der Waals surface area contributed by atoms with Crippen molar-refractivity contribution in [1.29, 1.82) is 0 Å². The third-order valence-corrected chi connectivity index (χ3v) is 3.02. The fourth-order valence-electron chi connectivity index (χ4n) is 1.86. The monoisotopic (exact) mass is 299 g/mol. The van der Waals surface area contributed by atoms with Gasteiger partial charge in [0.2, 0.25) is 0 Å². The van der Waals surface area contributed by atoms with Crippen molar-refractivity contribution in [2.75, 3.05) is 32.5 Å². The van der Waals surface area contributed by atoms with E-state index in [0.29, 0.717) is 18.1 Å². The molecule has 2 aromatic rings. The van der Waals surface area contributed by atoms with Crippen molar-refractivity contribution >= 4 is 17.4 Å². The number of aryl methyl sites for hydroxylation is 1. The van der Waals surface area contributed by atoms with Crippen LogP contribution in [0.4, 0.5) is 11.5 Å². The number of amides is 1.